The van der Waals surface area contributed by atoms with Crippen LogP contribution in [0, 0.1) is 11.8 Å². The van der Waals surface area contributed by atoms with Gasteiger partial charge in [0.05, 0.1) is 13.2 Å². The standard InChI is InChI=1S/C12H12O2/c1-2-5-11(6-3-1)7-4-8-13-9-12-10-14-12/h1-3,5-6,12H,8-10H2/t12-/m1/s1. The van der Waals surface area contributed by atoms with Gasteiger partial charge in [0.25, 0.3) is 0 Å². The molecule has 0 unspecified atom stereocenters. The van der Waals surface area contributed by atoms with Crippen LogP contribution in [0.25, 0.3) is 0 Å². The van der Waals surface area contributed by atoms with Crippen LogP contribution in [0.5, 0.6) is 0 Å². The van der Waals surface area contributed by atoms with Crippen molar-refractivity contribution < 1.29 is 9.47 Å². The van der Waals surface area contributed by atoms with Crippen molar-refractivity contribution in [1.29, 1.82) is 0 Å². The Morgan fingerprint density at radius 2 is 2.14 bits per heavy atom. The van der Waals surface area contributed by atoms with Gasteiger partial charge in [-0.15, -0.1) is 0 Å². The Bertz CT molecular complexity index is 330. The van der Waals surface area contributed by atoms with E-state index in [1.54, 1.807) is 0 Å². The van der Waals surface area contributed by atoms with Gasteiger partial charge >= 0.3 is 0 Å². The lowest BCUT2D eigenvalue weighted by Gasteiger charge is -1.93. The molecular weight excluding hydrogens is 176 g/mol. The second kappa shape index (κ2) is 4.80. The molecule has 2 heteroatoms. The molecule has 1 aliphatic rings. The molecular formula is C12H12O2. The number of ether oxygens (including phenoxy) is 2. The monoisotopic (exact) mass is 188 g/mol. The summed E-state index contributed by atoms with van der Waals surface area (Å²) in [5.74, 6) is 5.98. The smallest absolute Gasteiger partial charge is 0.108 e. The summed E-state index contributed by atoms with van der Waals surface area (Å²) in [7, 11) is 0. The Morgan fingerprint density at radius 3 is 2.86 bits per heavy atom. The van der Waals surface area contributed by atoms with Gasteiger partial charge in [-0.1, -0.05) is 30.0 Å². The van der Waals surface area contributed by atoms with Gasteiger partial charge < -0.3 is 9.47 Å². The molecule has 2 nitrogen and oxygen atoms in total. The first-order valence-corrected chi connectivity index (χ1v) is 4.68. The van der Waals surface area contributed by atoms with E-state index in [1.165, 1.54) is 0 Å². The molecule has 0 amide bonds. The third-order valence-electron chi connectivity index (χ3n) is 1.89. The molecule has 0 spiro atoms. The molecule has 2 rings (SSSR count). The van der Waals surface area contributed by atoms with Crippen LogP contribution in [0.2, 0.25) is 0 Å². The lowest BCUT2D eigenvalue weighted by atomic mass is 10.2. The highest BCUT2D eigenvalue weighted by Gasteiger charge is 2.21. The normalized spacial score (nSPS) is 18.4. The van der Waals surface area contributed by atoms with Crippen LogP contribution in [0.4, 0.5) is 0 Å². The van der Waals surface area contributed by atoms with Crippen LogP contribution in [0.15, 0.2) is 30.3 Å². The van der Waals surface area contributed by atoms with E-state index in [0.717, 1.165) is 12.2 Å². The van der Waals surface area contributed by atoms with Crippen LogP contribution >= 0.6 is 0 Å². The Kier molecular flexibility index (Phi) is 3.18. The van der Waals surface area contributed by atoms with Crippen molar-refractivity contribution >= 4 is 0 Å². The van der Waals surface area contributed by atoms with Gasteiger partial charge in [0.15, 0.2) is 0 Å². The summed E-state index contributed by atoms with van der Waals surface area (Å²) in [5.41, 5.74) is 1.03. The molecule has 1 aromatic rings. The summed E-state index contributed by atoms with van der Waals surface area (Å²) < 4.78 is 10.3. The molecule has 1 fully saturated rings. The molecule has 1 atom stereocenters. The van der Waals surface area contributed by atoms with E-state index in [4.69, 9.17) is 9.47 Å². The topological polar surface area (TPSA) is 21.8 Å². The molecule has 1 aromatic carbocycles. The van der Waals surface area contributed by atoms with E-state index in [-0.39, 0.29) is 0 Å². The molecule has 1 saturated heterocycles. The molecule has 0 radical (unpaired) electrons. The van der Waals surface area contributed by atoms with Gasteiger partial charge in [-0.25, -0.2) is 0 Å². The zero-order valence-corrected chi connectivity index (χ0v) is 7.90. The number of benzene rings is 1. The van der Waals surface area contributed by atoms with E-state index in [9.17, 15) is 0 Å². The van der Waals surface area contributed by atoms with Gasteiger partial charge in [-0.05, 0) is 12.1 Å². The maximum Gasteiger partial charge on any atom is 0.108 e. The SMILES string of the molecule is C(#Cc1ccccc1)COC[C@@H]1CO1. The summed E-state index contributed by atoms with van der Waals surface area (Å²) in [6.45, 7) is 1.99. The quantitative estimate of drug-likeness (QED) is 0.407. The third-order valence-corrected chi connectivity index (χ3v) is 1.89. The summed E-state index contributed by atoms with van der Waals surface area (Å²) in [5, 5.41) is 0. The first-order chi connectivity index (χ1) is 6.95. The van der Waals surface area contributed by atoms with Gasteiger partial charge in [0.1, 0.15) is 12.7 Å². The zero-order chi connectivity index (χ0) is 9.64. The predicted octanol–water partition coefficient (Wildman–Crippen LogP) is 1.45. The molecule has 0 saturated carbocycles. The molecule has 0 N–H and O–H groups in total. The number of epoxide rings is 1. The fourth-order valence-corrected chi connectivity index (χ4v) is 1.07. The van der Waals surface area contributed by atoms with Crippen molar-refractivity contribution in [2.45, 2.75) is 6.10 Å². The highest BCUT2D eigenvalue weighted by atomic mass is 16.6. The first kappa shape index (κ1) is 9.26. The fraction of sp³-hybridized carbons (Fsp3) is 0.333. The van der Waals surface area contributed by atoms with Gasteiger partial charge in [-0.3, -0.25) is 0 Å². The minimum atomic E-state index is 0.327. The predicted molar refractivity (Wildman–Crippen MR) is 53.9 cm³/mol. The van der Waals surface area contributed by atoms with Crippen molar-refractivity contribution in [3.05, 3.63) is 35.9 Å². The molecule has 14 heavy (non-hydrogen) atoms. The van der Waals surface area contributed by atoms with Crippen molar-refractivity contribution in [1.82, 2.24) is 0 Å². The first-order valence-electron chi connectivity index (χ1n) is 4.68. The highest BCUT2D eigenvalue weighted by Crippen LogP contribution is 2.07. The maximum absolute atomic E-state index is 5.28. The van der Waals surface area contributed by atoms with Gasteiger partial charge in [-0.2, -0.15) is 0 Å². The van der Waals surface area contributed by atoms with E-state index >= 15 is 0 Å². The average molecular weight is 188 g/mol. The van der Waals surface area contributed by atoms with Gasteiger partial charge in [0.2, 0.25) is 0 Å². The third kappa shape index (κ3) is 3.21. The van der Waals surface area contributed by atoms with E-state index in [0.29, 0.717) is 19.3 Å². The summed E-state index contributed by atoms with van der Waals surface area (Å²) >= 11 is 0. The van der Waals surface area contributed by atoms with Crippen LogP contribution in [-0.4, -0.2) is 25.9 Å². The minimum Gasteiger partial charge on any atom is -0.371 e. The number of rotatable bonds is 3. The Labute approximate surface area is 83.8 Å². The second-order valence-corrected chi connectivity index (χ2v) is 3.14. The van der Waals surface area contributed by atoms with E-state index in [2.05, 4.69) is 11.8 Å². The van der Waals surface area contributed by atoms with Crippen molar-refractivity contribution in [2.75, 3.05) is 19.8 Å². The molecule has 0 aromatic heterocycles. The van der Waals surface area contributed by atoms with Gasteiger partial charge in [0, 0.05) is 5.56 Å². The molecule has 1 aliphatic heterocycles. The van der Waals surface area contributed by atoms with E-state index < -0.39 is 0 Å². The van der Waals surface area contributed by atoms with Crippen LogP contribution in [0.1, 0.15) is 5.56 Å². The zero-order valence-electron chi connectivity index (χ0n) is 7.90. The van der Waals surface area contributed by atoms with Crippen molar-refractivity contribution in [2.24, 2.45) is 0 Å². The molecule has 1 heterocycles. The molecule has 72 valence electrons. The van der Waals surface area contributed by atoms with Crippen molar-refractivity contribution in [3.8, 4) is 11.8 Å². The highest BCUT2D eigenvalue weighted by molar-refractivity contribution is 5.33. The average Bonchev–Trinajstić information content (AvgIpc) is 3.03. The maximum atomic E-state index is 5.28. The number of hydrogen-bond donors (Lipinski definition) is 0. The van der Waals surface area contributed by atoms with Crippen LogP contribution in [0.3, 0.4) is 0 Å². The Hall–Kier alpha value is -1.30. The second-order valence-electron chi connectivity index (χ2n) is 3.14. The summed E-state index contributed by atoms with van der Waals surface area (Å²) in [6, 6.07) is 9.89. The van der Waals surface area contributed by atoms with Crippen LogP contribution < -0.4 is 0 Å². The van der Waals surface area contributed by atoms with E-state index in [1.807, 2.05) is 30.3 Å². The molecule has 0 bridgehead atoms. The summed E-state index contributed by atoms with van der Waals surface area (Å²) in [4.78, 5) is 0. The molecule has 0 aliphatic carbocycles. The number of hydrogen-bond acceptors (Lipinski definition) is 2. The largest absolute Gasteiger partial charge is 0.371 e. The Morgan fingerprint density at radius 1 is 1.36 bits per heavy atom. The minimum absolute atomic E-state index is 0.327. The lowest BCUT2D eigenvalue weighted by Crippen LogP contribution is -2.00. The van der Waals surface area contributed by atoms with Crippen LogP contribution in [-0.2, 0) is 9.47 Å². The summed E-state index contributed by atoms with van der Waals surface area (Å²) in [6.07, 6.45) is 0.327. The lowest BCUT2D eigenvalue weighted by molar-refractivity contribution is 0.145. The Balaban J connectivity index is 1.70. The van der Waals surface area contributed by atoms with Crippen molar-refractivity contribution in [3.63, 3.8) is 0 Å². The fourth-order valence-electron chi connectivity index (χ4n) is 1.07.